The Morgan fingerprint density at radius 2 is 1.81 bits per heavy atom. The van der Waals surface area contributed by atoms with E-state index in [-0.39, 0.29) is 23.3 Å². The Bertz CT molecular complexity index is 1580. The minimum Gasteiger partial charge on any atom is -0.511 e. The average molecular weight is 518 g/mol. The maximum Gasteiger partial charge on any atom is 0.255 e. The Kier molecular flexibility index (Phi) is 5.09. The van der Waals surface area contributed by atoms with Gasteiger partial charge in [0.25, 0.3) is 5.91 Å². The number of fused-ring (bicyclic) bond motifs is 4. The molecular formula is C28H23NO7S. The van der Waals surface area contributed by atoms with Crippen LogP contribution in [0.3, 0.4) is 0 Å². The van der Waals surface area contributed by atoms with Crippen LogP contribution in [0.5, 0.6) is 5.75 Å². The van der Waals surface area contributed by atoms with Crippen LogP contribution in [0, 0.1) is 17.8 Å². The van der Waals surface area contributed by atoms with Crippen LogP contribution in [-0.4, -0.2) is 44.0 Å². The first-order chi connectivity index (χ1) is 17.6. The number of ketones is 2. The van der Waals surface area contributed by atoms with E-state index in [2.05, 4.69) is 0 Å². The molecule has 9 heteroatoms. The molecule has 0 radical (unpaired) electrons. The molecule has 2 aromatic carbocycles. The number of hydrogen-bond acceptors (Lipinski definition) is 8. The Balaban J connectivity index is 1.56. The van der Waals surface area contributed by atoms with Crippen molar-refractivity contribution in [2.75, 3.05) is 0 Å². The SMILES string of the molecule is C[C@H]1c2c(-c3cc4ccccc4s3)ccc(O)c2C(=O)C2=C(O)C3C(=O)C(C(N)=O)=C(O)C[C@@H]3[C@@H](O)[C@@H]21. The number of allylic oxidation sites excluding steroid dienone is 2. The van der Waals surface area contributed by atoms with Gasteiger partial charge >= 0.3 is 0 Å². The van der Waals surface area contributed by atoms with Crippen molar-refractivity contribution >= 4 is 38.9 Å². The summed E-state index contributed by atoms with van der Waals surface area (Å²) in [7, 11) is 0. The molecule has 6 rings (SSSR count). The highest BCUT2D eigenvalue weighted by atomic mass is 32.1. The number of hydrogen-bond donors (Lipinski definition) is 5. The number of benzene rings is 2. The lowest BCUT2D eigenvalue weighted by Gasteiger charge is -2.46. The van der Waals surface area contributed by atoms with Gasteiger partial charge < -0.3 is 26.2 Å². The molecule has 6 N–H and O–H groups in total. The largest absolute Gasteiger partial charge is 0.511 e. The van der Waals surface area contributed by atoms with E-state index >= 15 is 0 Å². The first-order valence-electron chi connectivity index (χ1n) is 11.9. The average Bonchev–Trinajstić information content (AvgIpc) is 3.28. The van der Waals surface area contributed by atoms with Crippen LogP contribution < -0.4 is 5.73 Å². The molecule has 3 aliphatic rings. The fraction of sp³-hybridized carbons (Fsp3) is 0.250. The Hall–Kier alpha value is -3.95. The summed E-state index contributed by atoms with van der Waals surface area (Å²) in [5.74, 6) is -7.89. The molecule has 0 saturated carbocycles. The van der Waals surface area contributed by atoms with E-state index in [1.807, 2.05) is 30.3 Å². The van der Waals surface area contributed by atoms with Crippen molar-refractivity contribution < 1.29 is 34.8 Å². The zero-order valence-electron chi connectivity index (χ0n) is 19.6. The topological polar surface area (TPSA) is 158 Å². The zero-order chi connectivity index (χ0) is 26.3. The second-order valence-electron chi connectivity index (χ2n) is 9.90. The Morgan fingerprint density at radius 1 is 1.08 bits per heavy atom. The summed E-state index contributed by atoms with van der Waals surface area (Å²) in [5, 5.41) is 44.9. The van der Waals surface area contributed by atoms with Crippen LogP contribution in [-0.2, 0) is 9.59 Å². The number of thiophene rings is 1. The molecule has 8 nitrogen and oxygen atoms in total. The number of aliphatic hydroxyl groups excluding tert-OH is 3. The molecule has 5 atom stereocenters. The van der Waals surface area contributed by atoms with Gasteiger partial charge in [-0.25, -0.2) is 0 Å². The third-order valence-electron chi connectivity index (χ3n) is 8.01. The molecular weight excluding hydrogens is 494 g/mol. The minimum atomic E-state index is -1.40. The van der Waals surface area contributed by atoms with Gasteiger partial charge in [-0.1, -0.05) is 25.1 Å². The van der Waals surface area contributed by atoms with E-state index in [1.165, 1.54) is 6.07 Å². The first-order valence-corrected chi connectivity index (χ1v) is 12.7. The van der Waals surface area contributed by atoms with Gasteiger partial charge in [0.05, 0.1) is 17.6 Å². The van der Waals surface area contributed by atoms with Crippen LogP contribution >= 0.6 is 11.3 Å². The predicted octanol–water partition coefficient (Wildman–Crippen LogP) is 3.88. The number of aliphatic hydroxyl groups is 3. The smallest absolute Gasteiger partial charge is 0.255 e. The van der Waals surface area contributed by atoms with Crippen molar-refractivity contribution in [3.8, 4) is 16.2 Å². The molecule has 1 aromatic heterocycles. The Morgan fingerprint density at radius 3 is 2.51 bits per heavy atom. The molecule has 3 aliphatic carbocycles. The highest BCUT2D eigenvalue weighted by molar-refractivity contribution is 7.22. The van der Waals surface area contributed by atoms with Gasteiger partial charge in [-0.15, -0.1) is 11.3 Å². The van der Waals surface area contributed by atoms with Crippen molar-refractivity contribution in [2.45, 2.75) is 25.4 Å². The molecule has 1 amide bonds. The standard InChI is InChI=1S/C28H23NO7S/c1-10-18-12(17-8-11-4-2-3-5-16(11)37-17)6-7-14(30)21(18)27(35)23-19(10)24(32)13-9-15(31)22(28(29)36)25(33)20(13)26(23)34/h2-8,10,13,19-20,24,30-32,34H,9H2,1H3,(H2,29,36)/t10-,13-,19+,20?,24+/m0/s1. The number of primary amides is 1. The van der Waals surface area contributed by atoms with Gasteiger partial charge in [-0.05, 0) is 46.7 Å². The quantitative estimate of drug-likeness (QED) is 0.323. The number of Topliss-reactive ketones (excluding diaryl/α,β-unsaturated/α-hetero) is 2. The van der Waals surface area contributed by atoms with Gasteiger partial charge in [-0.3, -0.25) is 14.4 Å². The normalized spacial score (nSPS) is 27.2. The molecule has 0 saturated heterocycles. The second-order valence-corrected chi connectivity index (χ2v) is 11.0. The molecule has 1 unspecified atom stereocenters. The maximum atomic E-state index is 13.8. The van der Waals surface area contributed by atoms with Crippen molar-refractivity contribution in [1.29, 1.82) is 0 Å². The number of phenols is 1. The number of rotatable bonds is 2. The third kappa shape index (κ3) is 3.14. The predicted molar refractivity (Wildman–Crippen MR) is 136 cm³/mol. The highest BCUT2D eigenvalue weighted by Gasteiger charge is 2.56. The minimum absolute atomic E-state index is 0.0164. The van der Waals surface area contributed by atoms with E-state index in [9.17, 15) is 34.8 Å². The van der Waals surface area contributed by atoms with Crippen LogP contribution in [0.25, 0.3) is 20.5 Å². The van der Waals surface area contributed by atoms with Gasteiger partial charge in [0, 0.05) is 33.4 Å². The number of amides is 1. The summed E-state index contributed by atoms with van der Waals surface area (Å²) in [6.45, 7) is 1.80. The molecule has 1 heterocycles. The number of phenolic OH excluding ortho intramolecular Hbond substituents is 1. The lowest BCUT2D eigenvalue weighted by molar-refractivity contribution is -0.128. The van der Waals surface area contributed by atoms with Crippen LogP contribution in [0.2, 0.25) is 0 Å². The summed E-state index contributed by atoms with van der Waals surface area (Å²) in [4.78, 5) is 39.6. The van der Waals surface area contributed by atoms with E-state index < -0.39 is 64.3 Å². The lowest BCUT2D eigenvalue weighted by Crippen LogP contribution is -2.51. The van der Waals surface area contributed by atoms with Crippen LogP contribution in [0.1, 0.15) is 35.2 Å². The van der Waals surface area contributed by atoms with Crippen LogP contribution in [0.4, 0.5) is 0 Å². The molecule has 188 valence electrons. The van der Waals surface area contributed by atoms with Crippen molar-refractivity contribution in [3.05, 3.63) is 76.3 Å². The van der Waals surface area contributed by atoms with Gasteiger partial charge in [0.1, 0.15) is 22.8 Å². The molecule has 3 aromatic rings. The van der Waals surface area contributed by atoms with E-state index in [0.29, 0.717) is 5.56 Å². The molecule has 0 fully saturated rings. The number of nitrogens with two attached hydrogens (primary N) is 1. The fourth-order valence-electron chi connectivity index (χ4n) is 6.40. The van der Waals surface area contributed by atoms with E-state index in [0.717, 1.165) is 20.5 Å². The summed E-state index contributed by atoms with van der Waals surface area (Å²) in [6.07, 6.45) is -1.54. The second kappa shape index (κ2) is 8.03. The summed E-state index contributed by atoms with van der Waals surface area (Å²) >= 11 is 1.54. The zero-order valence-corrected chi connectivity index (χ0v) is 20.5. The summed E-state index contributed by atoms with van der Waals surface area (Å²) in [5.41, 5.74) is 5.79. The van der Waals surface area contributed by atoms with Crippen LogP contribution in [0.15, 0.2) is 65.1 Å². The van der Waals surface area contributed by atoms with E-state index in [1.54, 1.807) is 24.3 Å². The Labute approximate surface area is 215 Å². The molecule has 0 spiro atoms. The maximum absolute atomic E-state index is 13.8. The number of aromatic hydroxyl groups is 1. The highest BCUT2D eigenvalue weighted by Crippen LogP contribution is 2.55. The van der Waals surface area contributed by atoms with Crippen molar-refractivity contribution in [2.24, 2.45) is 23.5 Å². The van der Waals surface area contributed by atoms with Gasteiger partial charge in [0.2, 0.25) is 0 Å². The third-order valence-corrected chi connectivity index (χ3v) is 9.16. The van der Waals surface area contributed by atoms with Gasteiger partial charge in [0.15, 0.2) is 11.6 Å². The molecule has 0 aliphatic heterocycles. The number of carbonyl (C=O) groups is 3. The molecule has 37 heavy (non-hydrogen) atoms. The fourth-order valence-corrected chi connectivity index (χ4v) is 7.50. The monoisotopic (exact) mass is 517 g/mol. The van der Waals surface area contributed by atoms with Crippen molar-refractivity contribution in [1.82, 2.24) is 0 Å². The lowest BCUT2D eigenvalue weighted by atomic mass is 9.58. The first kappa shape index (κ1) is 23.4. The van der Waals surface area contributed by atoms with Gasteiger partial charge in [-0.2, -0.15) is 0 Å². The number of carbonyl (C=O) groups excluding carboxylic acids is 3. The summed E-state index contributed by atoms with van der Waals surface area (Å²) in [6, 6.07) is 13.0. The van der Waals surface area contributed by atoms with Crippen molar-refractivity contribution in [3.63, 3.8) is 0 Å². The molecule has 0 bridgehead atoms. The van der Waals surface area contributed by atoms with E-state index in [4.69, 9.17) is 5.73 Å². The summed E-state index contributed by atoms with van der Waals surface area (Å²) < 4.78 is 1.06.